The molecule has 0 amide bonds. The van der Waals surface area contributed by atoms with Crippen LogP contribution in [0.1, 0.15) is 48.3 Å². The molecule has 11 heteroatoms. The summed E-state index contributed by atoms with van der Waals surface area (Å²) in [6.45, 7) is 3.12. The first-order valence-electron chi connectivity index (χ1n) is 11.2. The number of benzene rings is 2. The van der Waals surface area contributed by atoms with Gasteiger partial charge in [0.25, 0.3) is 0 Å². The van der Waals surface area contributed by atoms with Crippen molar-refractivity contribution < 1.29 is 36.9 Å². The van der Waals surface area contributed by atoms with Crippen LogP contribution in [-0.4, -0.2) is 28.8 Å². The van der Waals surface area contributed by atoms with E-state index >= 15 is 0 Å². The molecule has 1 aliphatic rings. The lowest BCUT2D eigenvalue weighted by Crippen LogP contribution is -2.44. The highest BCUT2D eigenvalue weighted by Crippen LogP contribution is 2.44. The number of pyridine rings is 1. The number of aromatic nitrogens is 1. The van der Waals surface area contributed by atoms with Crippen molar-refractivity contribution in [3.63, 3.8) is 0 Å². The number of carbonyl (C=O) groups is 1. The summed E-state index contributed by atoms with van der Waals surface area (Å²) in [6, 6.07) is 10.4. The summed E-state index contributed by atoms with van der Waals surface area (Å²) < 4.78 is 67.2. The number of nitrogens with zero attached hydrogens (tertiary/aromatic N) is 1. The topological polar surface area (TPSA) is 94.7 Å². The Bertz CT molecular complexity index is 1360. The average molecular weight is 539 g/mol. The lowest BCUT2D eigenvalue weighted by molar-refractivity contribution is -0.270. The molecule has 0 saturated heterocycles. The number of rotatable bonds is 7. The largest absolute Gasteiger partial charge is 0.454 e. The number of carbonyl (C=O) groups excluding carboxylic acids is 1. The molecule has 6 nitrogen and oxygen atoms in total. The van der Waals surface area contributed by atoms with E-state index in [1.807, 2.05) is 0 Å². The number of nitrogens with two attached hydrogens (primary N) is 1. The van der Waals surface area contributed by atoms with Gasteiger partial charge in [0, 0.05) is 23.1 Å². The van der Waals surface area contributed by atoms with Crippen LogP contribution in [0.5, 0.6) is 11.5 Å². The minimum absolute atomic E-state index is 0.00213. The second-order valence-corrected chi connectivity index (χ2v) is 9.73. The van der Waals surface area contributed by atoms with Gasteiger partial charge in [0.2, 0.25) is 12.4 Å². The van der Waals surface area contributed by atoms with Crippen LogP contribution in [0.4, 0.5) is 17.6 Å². The second-order valence-electron chi connectivity index (χ2n) is 9.33. The molecule has 3 aromatic rings. The highest BCUT2D eigenvalue weighted by molar-refractivity contribution is 6.31. The molecular formula is C26H23ClF4N2O4. The van der Waals surface area contributed by atoms with E-state index in [1.54, 1.807) is 13.8 Å². The molecule has 0 saturated carbocycles. The smallest absolute Gasteiger partial charge is 0.422 e. The molecule has 37 heavy (non-hydrogen) atoms. The Morgan fingerprint density at radius 3 is 2.43 bits per heavy atom. The lowest BCUT2D eigenvalue weighted by Gasteiger charge is -2.32. The molecule has 2 aromatic carbocycles. The Kier molecular flexibility index (Phi) is 6.96. The van der Waals surface area contributed by atoms with Gasteiger partial charge in [-0.25, -0.2) is 9.37 Å². The molecule has 4 rings (SSSR count). The maximum absolute atomic E-state index is 14.4. The lowest BCUT2D eigenvalue weighted by atomic mass is 9.86. The number of ether oxygens (including phenoxy) is 2. The molecular weight excluding hydrogens is 516 g/mol. The number of alkyl halides is 3. The van der Waals surface area contributed by atoms with Crippen molar-refractivity contribution in [2.24, 2.45) is 5.73 Å². The predicted octanol–water partition coefficient (Wildman–Crippen LogP) is 5.88. The summed E-state index contributed by atoms with van der Waals surface area (Å²) in [5, 5.41) is 10.8. The predicted molar refractivity (Wildman–Crippen MR) is 128 cm³/mol. The van der Waals surface area contributed by atoms with Crippen LogP contribution in [0.3, 0.4) is 0 Å². The van der Waals surface area contributed by atoms with Gasteiger partial charge in [-0.15, -0.1) is 0 Å². The van der Waals surface area contributed by atoms with Crippen molar-refractivity contribution >= 4 is 17.4 Å². The molecule has 0 radical (unpaired) electrons. The molecule has 1 atom stereocenters. The van der Waals surface area contributed by atoms with E-state index in [4.69, 9.17) is 26.8 Å². The van der Waals surface area contributed by atoms with Gasteiger partial charge in [-0.2, -0.15) is 13.2 Å². The molecule has 1 unspecified atom stereocenters. The molecule has 1 aliphatic heterocycles. The first-order valence-corrected chi connectivity index (χ1v) is 11.6. The van der Waals surface area contributed by atoms with Gasteiger partial charge in [-0.1, -0.05) is 11.6 Å². The van der Waals surface area contributed by atoms with Crippen LogP contribution in [0.2, 0.25) is 5.02 Å². The zero-order valence-electron chi connectivity index (χ0n) is 19.8. The number of fused-ring (bicyclic) bond motifs is 1. The second kappa shape index (κ2) is 9.59. The van der Waals surface area contributed by atoms with Crippen LogP contribution in [-0.2, 0) is 11.1 Å². The summed E-state index contributed by atoms with van der Waals surface area (Å²) in [6.07, 6.45) is -6.84. The van der Waals surface area contributed by atoms with E-state index in [2.05, 4.69) is 4.98 Å². The zero-order valence-corrected chi connectivity index (χ0v) is 20.6. The van der Waals surface area contributed by atoms with Gasteiger partial charge in [0.05, 0.1) is 16.4 Å². The fraction of sp³-hybridized carbons (Fsp3) is 0.308. The average Bonchev–Trinajstić information content (AvgIpc) is 3.30. The quantitative estimate of drug-likeness (QED) is 0.288. The Morgan fingerprint density at radius 1 is 1.08 bits per heavy atom. The standard InChI is InChI=1S/C26H23ClF4N2O4/c1-24(2,32)16-11-19(14-3-5-18(28)17(27)9-14)33-23(12-16)25(35,26(29,30)31)8-7-20(34)15-4-6-21-22(10-15)37-13-36-21/h3-6,9-12,35H,7-8,13,32H2,1-2H3. The Morgan fingerprint density at radius 2 is 1.78 bits per heavy atom. The van der Waals surface area contributed by atoms with E-state index in [9.17, 15) is 27.5 Å². The zero-order chi connectivity index (χ0) is 27.2. The molecule has 0 bridgehead atoms. The van der Waals surface area contributed by atoms with E-state index in [1.165, 1.54) is 36.4 Å². The molecule has 2 heterocycles. The van der Waals surface area contributed by atoms with Crippen LogP contribution in [0, 0.1) is 5.82 Å². The molecule has 0 spiro atoms. The van der Waals surface area contributed by atoms with Crippen molar-refractivity contribution in [3.8, 4) is 22.8 Å². The number of hydrogen-bond donors (Lipinski definition) is 2. The van der Waals surface area contributed by atoms with Crippen molar-refractivity contribution in [2.75, 3.05) is 6.79 Å². The summed E-state index contributed by atoms with van der Waals surface area (Å²) in [5.41, 5.74) is 1.38. The summed E-state index contributed by atoms with van der Waals surface area (Å²) >= 11 is 5.86. The maximum atomic E-state index is 14.4. The van der Waals surface area contributed by atoms with Crippen LogP contribution in [0.25, 0.3) is 11.3 Å². The van der Waals surface area contributed by atoms with Gasteiger partial charge in [-0.05, 0) is 74.4 Å². The van der Waals surface area contributed by atoms with Gasteiger partial charge in [-0.3, -0.25) is 4.79 Å². The van der Waals surface area contributed by atoms with Crippen LogP contribution >= 0.6 is 11.6 Å². The van der Waals surface area contributed by atoms with Gasteiger partial charge >= 0.3 is 6.18 Å². The third kappa shape index (κ3) is 5.41. The van der Waals surface area contributed by atoms with Crippen molar-refractivity contribution in [1.82, 2.24) is 4.98 Å². The van der Waals surface area contributed by atoms with E-state index < -0.39 is 47.5 Å². The Labute approximate surface area is 215 Å². The number of halogens is 5. The molecule has 1 aromatic heterocycles. The minimum atomic E-state index is -5.19. The third-order valence-electron chi connectivity index (χ3n) is 6.09. The molecule has 196 valence electrons. The normalized spacial score (nSPS) is 14.9. The van der Waals surface area contributed by atoms with Gasteiger partial charge in [0.1, 0.15) is 5.82 Å². The summed E-state index contributed by atoms with van der Waals surface area (Å²) in [5.74, 6) is -0.627. The van der Waals surface area contributed by atoms with Gasteiger partial charge in [0.15, 0.2) is 17.3 Å². The minimum Gasteiger partial charge on any atom is -0.454 e. The third-order valence-corrected chi connectivity index (χ3v) is 6.38. The first-order chi connectivity index (χ1) is 17.2. The van der Waals surface area contributed by atoms with E-state index in [-0.39, 0.29) is 34.2 Å². The SMILES string of the molecule is CC(C)(N)c1cc(-c2ccc(F)c(Cl)c2)nc(C(O)(CCC(=O)c2ccc3c(c2)OCO3)C(F)(F)F)c1. The Hall–Kier alpha value is -3.21. The summed E-state index contributed by atoms with van der Waals surface area (Å²) in [7, 11) is 0. The van der Waals surface area contributed by atoms with Crippen molar-refractivity contribution in [2.45, 2.75) is 44.0 Å². The molecule has 0 aliphatic carbocycles. The molecule has 0 fully saturated rings. The van der Waals surface area contributed by atoms with Crippen LogP contribution in [0.15, 0.2) is 48.5 Å². The number of hydrogen-bond acceptors (Lipinski definition) is 6. The monoisotopic (exact) mass is 538 g/mol. The first kappa shape index (κ1) is 26.8. The van der Waals surface area contributed by atoms with Crippen molar-refractivity contribution in [1.29, 1.82) is 0 Å². The number of Topliss-reactive ketones (excluding diaryl/α,β-unsaturated/α-hetero) is 1. The highest BCUT2D eigenvalue weighted by Gasteiger charge is 2.56. The Balaban J connectivity index is 1.74. The highest BCUT2D eigenvalue weighted by atomic mass is 35.5. The molecule has 3 N–H and O–H groups in total. The fourth-order valence-electron chi connectivity index (χ4n) is 3.84. The fourth-order valence-corrected chi connectivity index (χ4v) is 4.02. The van der Waals surface area contributed by atoms with E-state index in [0.717, 1.165) is 12.1 Å². The number of ketones is 1. The summed E-state index contributed by atoms with van der Waals surface area (Å²) in [4.78, 5) is 16.8. The number of aliphatic hydroxyl groups is 1. The van der Waals surface area contributed by atoms with Crippen LogP contribution < -0.4 is 15.2 Å². The van der Waals surface area contributed by atoms with Crippen molar-refractivity contribution in [3.05, 3.63) is 76.2 Å². The van der Waals surface area contributed by atoms with Gasteiger partial charge < -0.3 is 20.3 Å². The van der Waals surface area contributed by atoms with E-state index in [0.29, 0.717) is 11.5 Å². The maximum Gasteiger partial charge on any atom is 0.422 e.